The van der Waals surface area contributed by atoms with E-state index >= 15 is 0 Å². The summed E-state index contributed by atoms with van der Waals surface area (Å²) in [5.74, 6) is -1.64. The van der Waals surface area contributed by atoms with Crippen molar-refractivity contribution < 1.29 is 24.0 Å². The predicted octanol–water partition coefficient (Wildman–Crippen LogP) is 5.00. The molecule has 0 saturated carbocycles. The van der Waals surface area contributed by atoms with Gasteiger partial charge in [0.05, 0.1) is 32.2 Å². The van der Waals surface area contributed by atoms with Gasteiger partial charge in [-0.3, -0.25) is 14.9 Å². The fourth-order valence-electron chi connectivity index (χ4n) is 5.40. The fourth-order valence-corrected chi connectivity index (χ4v) is 8.66. The van der Waals surface area contributed by atoms with Crippen LogP contribution in [0, 0.1) is 34.3 Å². The molecule has 1 aromatic carbocycles. The molecule has 2 aliphatic heterocycles. The van der Waals surface area contributed by atoms with Crippen molar-refractivity contribution in [1.29, 1.82) is 0 Å². The Labute approximate surface area is 238 Å². The lowest BCUT2D eigenvalue weighted by Gasteiger charge is -2.50. The highest BCUT2D eigenvalue weighted by atomic mass is 32.2. The Balaban J connectivity index is 1.76. The molecule has 0 aliphatic carbocycles. The molecule has 1 aromatic heterocycles. The van der Waals surface area contributed by atoms with Gasteiger partial charge in [-0.05, 0) is 43.5 Å². The van der Waals surface area contributed by atoms with Crippen LogP contribution in [0.2, 0.25) is 13.1 Å². The Hall–Kier alpha value is -2.54. The van der Waals surface area contributed by atoms with Gasteiger partial charge >= 0.3 is 5.97 Å². The molecule has 3 heterocycles. The van der Waals surface area contributed by atoms with Crippen LogP contribution in [0.4, 0.5) is 5.69 Å². The summed E-state index contributed by atoms with van der Waals surface area (Å²) in [6.07, 6.45) is 4.11. The minimum atomic E-state index is -1.32. The number of thiazole rings is 1. The number of nitrogens with zero attached hydrogens (tertiary/aromatic N) is 3. The first-order chi connectivity index (χ1) is 18.2. The van der Waals surface area contributed by atoms with E-state index in [-0.39, 0.29) is 34.2 Å². The van der Waals surface area contributed by atoms with Crippen LogP contribution >= 0.6 is 23.1 Å². The van der Waals surface area contributed by atoms with E-state index in [4.69, 9.17) is 4.43 Å². The summed E-state index contributed by atoms with van der Waals surface area (Å²) < 4.78 is 5.13. The third-order valence-corrected chi connectivity index (χ3v) is 11.0. The van der Waals surface area contributed by atoms with E-state index < -0.39 is 30.7 Å². The van der Waals surface area contributed by atoms with E-state index in [1.807, 2.05) is 19.1 Å². The van der Waals surface area contributed by atoms with Crippen molar-refractivity contribution >= 4 is 55.8 Å². The molecular weight excluding hydrogens is 555 g/mol. The van der Waals surface area contributed by atoms with E-state index in [2.05, 4.69) is 38.8 Å². The van der Waals surface area contributed by atoms with Gasteiger partial charge in [0.15, 0.2) is 9.04 Å². The van der Waals surface area contributed by atoms with Crippen LogP contribution < -0.4 is 0 Å². The number of aromatic nitrogens is 1. The molecule has 210 valence electrons. The number of carboxylic acid groups (broad SMARTS) is 1. The molecule has 2 aliphatic rings. The van der Waals surface area contributed by atoms with Crippen molar-refractivity contribution in [1.82, 2.24) is 9.88 Å². The summed E-state index contributed by atoms with van der Waals surface area (Å²) in [6.45, 7) is 12.9. The van der Waals surface area contributed by atoms with Crippen LogP contribution in [0.1, 0.15) is 36.9 Å². The molecule has 9 nitrogen and oxygen atoms in total. The lowest BCUT2D eigenvalue weighted by molar-refractivity contribution is -0.384. The first-order valence-corrected chi connectivity index (χ1v) is 17.5. The van der Waals surface area contributed by atoms with Gasteiger partial charge in [0.25, 0.3) is 5.69 Å². The number of carbonyl (C=O) groups is 2. The van der Waals surface area contributed by atoms with Gasteiger partial charge < -0.3 is 14.4 Å². The van der Waals surface area contributed by atoms with Crippen molar-refractivity contribution in [3.8, 4) is 0 Å². The Bertz CT molecular complexity index is 1280. The Kier molecular flexibility index (Phi) is 8.41. The van der Waals surface area contributed by atoms with Gasteiger partial charge in [0.1, 0.15) is 6.04 Å². The van der Waals surface area contributed by atoms with Crippen molar-refractivity contribution in [3.63, 3.8) is 0 Å². The number of benzene rings is 1. The number of hydrogen-bond donors (Lipinski definition) is 1. The van der Waals surface area contributed by atoms with Gasteiger partial charge in [0.2, 0.25) is 5.91 Å². The number of amides is 1. The average Bonchev–Trinajstić information content (AvgIpc) is 3.38. The molecule has 2 fully saturated rings. The molecule has 2 unspecified atom stereocenters. The smallest absolute Gasteiger partial charge is 0.328 e. The van der Waals surface area contributed by atoms with Gasteiger partial charge in [-0.25, -0.2) is 9.78 Å². The standard InChI is InChI=1S/C27H35N3O6S2Si/c1-16-20(37-15-28-16)11-12-27(13-17-7-9-18(10-8-17)30(34)35)22(25(32)33)29-23(31)21(24(29)38-27)19(26(2,3)4)14-36-39(5)6/h7-12,15,19,21-22,24,39H,13-14H2,1-6H3,(H,32,33)/t19-,21+,22?,24-,27?/m1/s1. The molecule has 12 heteroatoms. The highest BCUT2D eigenvalue weighted by Gasteiger charge is 2.68. The lowest BCUT2D eigenvalue weighted by atomic mass is 9.69. The largest absolute Gasteiger partial charge is 0.480 e. The molecule has 1 N–H and O–H groups in total. The molecule has 5 atom stereocenters. The zero-order chi connectivity index (χ0) is 28.7. The number of β-lactam (4-membered cyclic amide) rings is 1. The second-order valence-corrected chi connectivity index (χ2v) is 16.4. The zero-order valence-corrected chi connectivity index (χ0v) is 25.8. The van der Waals surface area contributed by atoms with Gasteiger partial charge in [-0.15, -0.1) is 23.1 Å². The number of nitro groups is 1. The molecular formula is C27H35N3O6S2Si. The highest BCUT2D eigenvalue weighted by Crippen LogP contribution is 2.59. The average molecular weight is 590 g/mol. The maximum Gasteiger partial charge on any atom is 0.328 e. The second kappa shape index (κ2) is 11.1. The quantitative estimate of drug-likeness (QED) is 0.178. The van der Waals surface area contributed by atoms with Crippen molar-refractivity contribution in [2.45, 2.75) is 63.4 Å². The number of aliphatic carboxylic acids is 1. The molecule has 0 spiro atoms. The molecule has 0 radical (unpaired) electrons. The number of nitro benzene ring substituents is 1. The maximum absolute atomic E-state index is 13.7. The first-order valence-electron chi connectivity index (χ1n) is 12.9. The number of carbonyl (C=O) groups excluding carboxylic acids is 1. The van der Waals surface area contributed by atoms with Crippen LogP contribution in [0.3, 0.4) is 0 Å². The second-order valence-electron chi connectivity index (χ2n) is 11.6. The molecule has 0 bridgehead atoms. The predicted molar refractivity (Wildman–Crippen MR) is 156 cm³/mol. The van der Waals surface area contributed by atoms with E-state index in [1.54, 1.807) is 22.5 Å². The Morgan fingerprint density at radius 1 is 1.33 bits per heavy atom. The van der Waals surface area contributed by atoms with Crippen LogP contribution in [-0.2, 0) is 20.4 Å². The highest BCUT2D eigenvalue weighted by molar-refractivity contribution is 8.02. The SMILES string of the molecule is Cc1ncsc1C=CC1(Cc2ccc([N+](=O)[O-])cc2)S[C@@H]2[C@@H]([C@@H](CO[SiH](C)C)C(C)(C)C)C(=O)N2C1C(=O)O. The maximum atomic E-state index is 13.7. The summed E-state index contributed by atoms with van der Waals surface area (Å²) in [7, 11) is -1.32. The number of fused-ring (bicyclic) bond motifs is 1. The van der Waals surface area contributed by atoms with Crippen LogP contribution in [0.5, 0.6) is 0 Å². The van der Waals surface area contributed by atoms with E-state index in [9.17, 15) is 24.8 Å². The van der Waals surface area contributed by atoms with Crippen LogP contribution in [0.25, 0.3) is 6.08 Å². The fraction of sp³-hybridized carbons (Fsp3) is 0.519. The summed E-state index contributed by atoms with van der Waals surface area (Å²) in [5.41, 5.74) is 3.11. The molecule has 1 amide bonds. The van der Waals surface area contributed by atoms with Crippen molar-refractivity contribution in [3.05, 3.63) is 62.1 Å². The van der Waals surface area contributed by atoms with Crippen molar-refractivity contribution in [2.75, 3.05) is 6.61 Å². The normalized spacial score (nSPS) is 25.7. The summed E-state index contributed by atoms with van der Waals surface area (Å²) in [5, 5.41) is 21.4. The monoisotopic (exact) mass is 589 g/mol. The number of non-ortho nitro benzene ring substituents is 1. The minimum Gasteiger partial charge on any atom is -0.480 e. The molecule has 4 rings (SSSR count). The third-order valence-electron chi connectivity index (χ3n) is 7.52. The van der Waals surface area contributed by atoms with Crippen LogP contribution in [0.15, 0.2) is 35.9 Å². The number of hydrogen-bond acceptors (Lipinski definition) is 8. The van der Waals surface area contributed by atoms with Crippen LogP contribution in [-0.4, -0.2) is 63.6 Å². The number of thioether (sulfide) groups is 1. The van der Waals surface area contributed by atoms with Gasteiger partial charge in [-0.1, -0.05) is 39.0 Å². The molecule has 2 aromatic rings. The minimum absolute atomic E-state index is 0.0294. The molecule has 2 saturated heterocycles. The summed E-state index contributed by atoms with van der Waals surface area (Å²) >= 11 is 2.98. The third kappa shape index (κ3) is 5.84. The summed E-state index contributed by atoms with van der Waals surface area (Å²) in [4.78, 5) is 44.1. The van der Waals surface area contributed by atoms with Crippen molar-refractivity contribution in [2.24, 2.45) is 17.3 Å². The first kappa shape index (κ1) is 29.4. The van der Waals surface area contributed by atoms with E-state index in [0.29, 0.717) is 13.0 Å². The van der Waals surface area contributed by atoms with Gasteiger partial charge in [-0.2, -0.15) is 0 Å². The van der Waals surface area contributed by atoms with Gasteiger partial charge in [0, 0.05) is 29.5 Å². The number of rotatable bonds is 10. The number of aryl methyl sites for hydroxylation is 1. The molecule has 39 heavy (non-hydrogen) atoms. The number of carboxylic acids is 1. The lowest BCUT2D eigenvalue weighted by Crippen LogP contribution is -2.66. The Morgan fingerprint density at radius 3 is 2.51 bits per heavy atom. The summed E-state index contributed by atoms with van der Waals surface area (Å²) in [6, 6.07) is 5.11. The van der Waals surface area contributed by atoms with E-state index in [0.717, 1.165) is 16.1 Å². The Morgan fingerprint density at radius 2 is 2.00 bits per heavy atom. The van der Waals surface area contributed by atoms with E-state index in [1.165, 1.54) is 35.2 Å². The topological polar surface area (TPSA) is 123 Å². The zero-order valence-electron chi connectivity index (χ0n) is 23.0.